The summed E-state index contributed by atoms with van der Waals surface area (Å²) in [4.78, 5) is 31.4. The van der Waals surface area contributed by atoms with Crippen LogP contribution in [0.15, 0.2) is 47.5 Å². The van der Waals surface area contributed by atoms with E-state index in [4.69, 9.17) is 21.1 Å². The fraction of sp³-hybridized carbons (Fsp3) is 0.400. The number of carbonyl (C=O) groups is 2. The van der Waals surface area contributed by atoms with E-state index in [-0.39, 0.29) is 18.2 Å². The van der Waals surface area contributed by atoms with Gasteiger partial charge >= 0.3 is 0 Å². The van der Waals surface area contributed by atoms with E-state index in [1.54, 1.807) is 37.4 Å². The molecule has 0 aliphatic carbocycles. The van der Waals surface area contributed by atoms with Crippen LogP contribution >= 0.6 is 23.4 Å². The Kier molecular flexibility index (Phi) is 9.65. The SMILES string of the molecule is CCCCCCOc1ccc(NC(=O)C2CC(=O)N(C)C(=Nc3ccc(OC)c(Cl)c3)S2)cc1. The van der Waals surface area contributed by atoms with E-state index in [0.717, 1.165) is 18.6 Å². The number of rotatable bonds is 10. The average molecular weight is 504 g/mol. The Morgan fingerprint density at radius 2 is 1.97 bits per heavy atom. The van der Waals surface area contributed by atoms with Gasteiger partial charge in [-0.1, -0.05) is 49.5 Å². The molecule has 0 aromatic heterocycles. The predicted octanol–water partition coefficient (Wildman–Crippen LogP) is 5.90. The van der Waals surface area contributed by atoms with Crippen molar-refractivity contribution in [1.29, 1.82) is 0 Å². The van der Waals surface area contributed by atoms with Gasteiger partial charge in [0.2, 0.25) is 11.8 Å². The number of carbonyl (C=O) groups excluding carboxylic acids is 2. The van der Waals surface area contributed by atoms with Crippen molar-refractivity contribution in [3.63, 3.8) is 0 Å². The van der Waals surface area contributed by atoms with Crippen LogP contribution < -0.4 is 14.8 Å². The normalized spacial score (nSPS) is 17.1. The van der Waals surface area contributed by atoms with Gasteiger partial charge in [-0.15, -0.1) is 0 Å². The minimum Gasteiger partial charge on any atom is -0.495 e. The van der Waals surface area contributed by atoms with E-state index in [1.807, 2.05) is 12.1 Å². The van der Waals surface area contributed by atoms with Crippen molar-refractivity contribution >= 4 is 51.7 Å². The van der Waals surface area contributed by atoms with Gasteiger partial charge < -0.3 is 14.8 Å². The van der Waals surface area contributed by atoms with E-state index < -0.39 is 5.25 Å². The maximum absolute atomic E-state index is 12.9. The van der Waals surface area contributed by atoms with Crippen molar-refractivity contribution in [3.8, 4) is 11.5 Å². The van der Waals surface area contributed by atoms with Crippen LogP contribution in [0.25, 0.3) is 0 Å². The first-order chi connectivity index (χ1) is 16.4. The fourth-order valence-electron chi connectivity index (χ4n) is 3.31. The quantitative estimate of drug-likeness (QED) is 0.408. The van der Waals surface area contributed by atoms with Crippen molar-refractivity contribution in [2.75, 3.05) is 26.1 Å². The molecule has 0 radical (unpaired) electrons. The Morgan fingerprint density at radius 1 is 1.21 bits per heavy atom. The van der Waals surface area contributed by atoms with Gasteiger partial charge in [0.1, 0.15) is 16.7 Å². The van der Waals surface area contributed by atoms with Gasteiger partial charge in [0, 0.05) is 19.2 Å². The van der Waals surface area contributed by atoms with Crippen LogP contribution in [-0.2, 0) is 9.59 Å². The zero-order chi connectivity index (χ0) is 24.5. The van der Waals surface area contributed by atoms with Gasteiger partial charge in [0.15, 0.2) is 5.17 Å². The molecular weight excluding hydrogens is 474 g/mol. The number of ether oxygens (including phenoxy) is 2. The van der Waals surface area contributed by atoms with Crippen molar-refractivity contribution in [2.45, 2.75) is 44.3 Å². The van der Waals surface area contributed by atoms with Gasteiger partial charge in [0.25, 0.3) is 0 Å². The molecule has 1 unspecified atom stereocenters. The van der Waals surface area contributed by atoms with Crippen LogP contribution in [0, 0.1) is 0 Å². The average Bonchev–Trinajstić information content (AvgIpc) is 2.83. The zero-order valence-electron chi connectivity index (χ0n) is 19.7. The van der Waals surface area contributed by atoms with E-state index in [1.165, 1.54) is 36.6 Å². The lowest BCUT2D eigenvalue weighted by Crippen LogP contribution is -2.43. The molecule has 1 fully saturated rings. The molecule has 0 saturated carbocycles. The second-order valence-electron chi connectivity index (χ2n) is 7.90. The van der Waals surface area contributed by atoms with E-state index >= 15 is 0 Å². The summed E-state index contributed by atoms with van der Waals surface area (Å²) >= 11 is 7.43. The highest BCUT2D eigenvalue weighted by molar-refractivity contribution is 8.15. The molecule has 0 bridgehead atoms. The highest BCUT2D eigenvalue weighted by Gasteiger charge is 2.34. The molecule has 9 heteroatoms. The highest BCUT2D eigenvalue weighted by Crippen LogP contribution is 2.32. The smallest absolute Gasteiger partial charge is 0.238 e. The second-order valence-corrected chi connectivity index (χ2v) is 9.48. The lowest BCUT2D eigenvalue weighted by molar-refractivity contribution is -0.128. The first-order valence-corrected chi connectivity index (χ1v) is 12.6. The number of methoxy groups -OCH3 is 1. The number of hydrogen-bond donors (Lipinski definition) is 1. The minimum absolute atomic E-state index is 0.0916. The molecule has 2 aromatic rings. The van der Waals surface area contributed by atoms with Gasteiger partial charge in [-0.25, -0.2) is 4.99 Å². The summed E-state index contributed by atoms with van der Waals surface area (Å²) in [5.41, 5.74) is 1.22. The maximum atomic E-state index is 12.9. The summed E-state index contributed by atoms with van der Waals surface area (Å²) in [7, 11) is 3.18. The highest BCUT2D eigenvalue weighted by atomic mass is 35.5. The molecule has 3 rings (SSSR count). The molecule has 1 aliphatic rings. The minimum atomic E-state index is -0.592. The Morgan fingerprint density at radius 3 is 2.65 bits per heavy atom. The number of nitrogens with zero attached hydrogens (tertiary/aromatic N) is 2. The van der Waals surface area contributed by atoms with E-state index in [2.05, 4.69) is 17.2 Å². The summed E-state index contributed by atoms with van der Waals surface area (Å²) in [6.45, 7) is 2.86. The Balaban J connectivity index is 1.61. The van der Waals surface area contributed by atoms with Crippen molar-refractivity contribution < 1.29 is 19.1 Å². The molecule has 34 heavy (non-hydrogen) atoms. The summed E-state index contributed by atoms with van der Waals surface area (Å²) in [6, 6.07) is 12.4. The monoisotopic (exact) mass is 503 g/mol. The fourth-order valence-corrected chi connectivity index (χ4v) is 4.63. The lowest BCUT2D eigenvalue weighted by atomic mass is 10.2. The summed E-state index contributed by atoms with van der Waals surface area (Å²) < 4.78 is 10.9. The van der Waals surface area contributed by atoms with Gasteiger partial charge in [-0.3, -0.25) is 14.5 Å². The molecule has 0 spiro atoms. The summed E-state index contributed by atoms with van der Waals surface area (Å²) in [6.07, 6.45) is 4.69. The summed E-state index contributed by atoms with van der Waals surface area (Å²) in [5.74, 6) is 0.881. The second kappa shape index (κ2) is 12.7. The molecule has 1 saturated heterocycles. The lowest BCUT2D eigenvalue weighted by Gasteiger charge is -2.28. The van der Waals surface area contributed by atoms with Crippen molar-refractivity contribution in [1.82, 2.24) is 4.90 Å². The number of halogens is 1. The molecule has 7 nitrogen and oxygen atoms in total. The van der Waals surface area contributed by atoms with Crippen LogP contribution in [-0.4, -0.2) is 47.9 Å². The third kappa shape index (κ3) is 7.14. The number of amidine groups is 1. The van der Waals surface area contributed by atoms with Crippen LogP contribution in [0.4, 0.5) is 11.4 Å². The van der Waals surface area contributed by atoms with Crippen LogP contribution in [0.3, 0.4) is 0 Å². The number of aliphatic imine (C=N–C) groups is 1. The number of hydrogen-bond acceptors (Lipinski definition) is 6. The van der Waals surface area contributed by atoms with E-state index in [9.17, 15) is 9.59 Å². The number of benzene rings is 2. The van der Waals surface area contributed by atoms with Gasteiger partial charge in [-0.2, -0.15) is 0 Å². The molecular formula is C25H30ClN3O4S. The largest absolute Gasteiger partial charge is 0.495 e. The third-order valence-corrected chi connectivity index (χ3v) is 6.85. The zero-order valence-corrected chi connectivity index (χ0v) is 21.2. The molecule has 2 amide bonds. The van der Waals surface area contributed by atoms with Crippen molar-refractivity contribution in [2.24, 2.45) is 4.99 Å². The number of nitrogens with one attached hydrogen (secondary N) is 1. The molecule has 2 aromatic carbocycles. The Bertz CT molecular complexity index is 1030. The Hall–Kier alpha value is -2.71. The standard InChI is InChI=1S/C25H30ClN3O4S/c1-4-5-6-7-14-33-19-11-8-17(9-12-19)27-24(31)22-16-23(30)29(2)25(34-22)28-18-10-13-21(32-3)20(26)15-18/h8-13,15,22H,4-7,14,16H2,1-3H3,(H,27,31). The predicted molar refractivity (Wildman–Crippen MR) is 139 cm³/mol. The van der Waals surface area contributed by atoms with Crippen LogP contribution in [0.5, 0.6) is 11.5 Å². The number of amides is 2. The Labute approximate surface area is 209 Å². The molecule has 182 valence electrons. The summed E-state index contributed by atoms with van der Waals surface area (Å²) in [5, 5.41) is 3.15. The van der Waals surface area contributed by atoms with Gasteiger partial charge in [0.05, 0.1) is 24.4 Å². The van der Waals surface area contributed by atoms with Crippen LogP contribution in [0.2, 0.25) is 5.02 Å². The molecule has 1 heterocycles. The first kappa shape index (κ1) is 25.9. The number of anilines is 1. The number of unbranched alkanes of at least 4 members (excludes halogenated alkanes) is 3. The molecule has 1 aliphatic heterocycles. The van der Waals surface area contributed by atoms with E-state index in [0.29, 0.717) is 33.9 Å². The number of thioether (sulfide) groups is 1. The van der Waals surface area contributed by atoms with Crippen LogP contribution in [0.1, 0.15) is 39.0 Å². The third-order valence-electron chi connectivity index (χ3n) is 5.31. The van der Waals surface area contributed by atoms with Gasteiger partial charge in [-0.05, 0) is 48.9 Å². The van der Waals surface area contributed by atoms with Crippen molar-refractivity contribution in [3.05, 3.63) is 47.5 Å². The maximum Gasteiger partial charge on any atom is 0.238 e. The first-order valence-electron chi connectivity index (χ1n) is 11.3. The topological polar surface area (TPSA) is 80.2 Å². The molecule has 1 N–H and O–H groups in total. The molecule has 1 atom stereocenters.